The third-order valence-electron chi connectivity index (χ3n) is 4.28. The highest BCUT2D eigenvalue weighted by Crippen LogP contribution is 2.45. The second-order valence-electron chi connectivity index (χ2n) is 5.87. The minimum atomic E-state index is -0.857. The van der Waals surface area contributed by atoms with Gasteiger partial charge in [0.2, 0.25) is 5.91 Å². The van der Waals surface area contributed by atoms with Gasteiger partial charge in [-0.15, -0.1) is 0 Å². The van der Waals surface area contributed by atoms with E-state index in [1.807, 2.05) is 13.0 Å². The molecule has 6 heteroatoms. The summed E-state index contributed by atoms with van der Waals surface area (Å²) in [6.07, 6.45) is 2.97. The summed E-state index contributed by atoms with van der Waals surface area (Å²) in [6, 6.07) is 5.13. The molecule has 4 nitrogen and oxygen atoms in total. The van der Waals surface area contributed by atoms with Crippen LogP contribution in [0.15, 0.2) is 18.2 Å². The zero-order valence-corrected chi connectivity index (χ0v) is 13.9. The fraction of sp³-hybridized carbons (Fsp3) is 0.500. The molecule has 22 heavy (non-hydrogen) atoms. The smallest absolute Gasteiger partial charge is 0.303 e. The third-order valence-corrected chi connectivity index (χ3v) is 5.02. The molecule has 2 rings (SSSR count). The summed E-state index contributed by atoms with van der Waals surface area (Å²) >= 11 is 12.0. The number of aliphatic carboxylic acids is 1. The monoisotopic (exact) mass is 343 g/mol. The highest BCUT2D eigenvalue weighted by Gasteiger charge is 2.46. The summed E-state index contributed by atoms with van der Waals surface area (Å²) in [7, 11) is 0. The van der Waals surface area contributed by atoms with Crippen molar-refractivity contribution in [3.05, 3.63) is 33.8 Å². The molecule has 1 saturated carbocycles. The molecule has 0 heterocycles. The van der Waals surface area contributed by atoms with Crippen LogP contribution >= 0.6 is 23.2 Å². The van der Waals surface area contributed by atoms with Crippen LogP contribution in [0.1, 0.15) is 44.6 Å². The van der Waals surface area contributed by atoms with E-state index in [1.54, 1.807) is 12.1 Å². The van der Waals surface area contributed by atoms with Gasteiger partial charge in [-0.2, -0.15) is 0 Å². The van der Waals surface area contributed by atoms with Gasteiger partial charge in [0.25, 0.3) is 0 Å². The Bertz CT molecular complexity index is 585. The van der Waals surface area contributed by atoms with Gasteiger partial charge in [-0.1, -0.05) is 35.7 Å². The molecular formula is C16H19Cl2NO3. The van der Waals surface area contributed by atoms with E-state index in [9.17, 15) is 9.59 Å². The summed E-state index contributed by atoms with van der Waals surface area (Å²) in [5, 5.41) is 12.6. The summed E-state index contributed by atoms with van der Waals surface area (Å²) < 4.78 is 0. The van der Waals surface area contributed by atoms with Gasteiger partial charge in [0, 0.05) is 12.5 Å². The molecule has 0 aromatic heterocycles. The van der Waals surface area contributed by atoms with Crippen molar-refractivity contribution in [3.8, 4) is 0 Å². The number of nitrogens with one attached hydrogen (secondary N) is 1. The van der Waals surface area contributed by atoms with Gasteiger partial charge in [0.1, 0.15) is 0 Å². The van der Waals surface area contributed by atoms with E-state index in [1.165, 1.54) is 0 Å². The van der Waals surface area contributed by atoms with E-state index in [0.29, 0.717) is 16.5 Å². The fourth-order valence-corrected chi connectivity index (χ4v) is 3.04. The Labute approximate surface area is 139 Å². The Kier molecular flexibility index (Phi) is 5.35. The number of carbonyl (C=O) groups is 2. The average Bonchev–Trinajstić information content (AvgIpc) is 2.39. The van der Waals surface area contributed by atoms with Crippen molar-refractivity contribution in [1.29, 1.82) is 0 Å². The Morgan fingerprint density at radius 2 is 2.00 bits per heavy atom. The molecule has 1 amide bonds. The first-order chi connectivity index (χ1) is 10.3. The molecule has 0 spiro atoms. The zero-order chi connectivity index (χ0) is 16.3. The standard InChI is InChI=1S/C16H19Cl2NO3/c1-10(3-6-14(20)21)19-15(22)16(7-2-8-16)11-4-5-12(17)13(18)9-11/h4-5,9-10H,2-3,6-8H2,1H3,(H,19,22)(H,20,21). The van der Waals surface area contributed by atoms with Crippen molar-refractivity contribution in [2.24, 2.45) is 0 Å². The maximum absolute atomic E-state index is 12.7. The van der Waals surface area contributed by atoms with Crippen LogP contribution in [-0.2, 0) is 15.0 Å². The molecule has 1 aromatic rings. The molecule has 0 aliphatic heterocycles. The molecule has 1 aliphatic rings. The number of amides is 1. The van der Waals surface area contributed by atoms with Gasteiger partial charge in [-0.3, -0.25) is 9.59 Å². The number of benzene rings is 1. The lowest BCUT2D eigenvalue weighted by atomic mass is 9.63. The number of carboxylic acids is 1. The number of carbonyl (C=O) groups excluding carboxylic acids is 1. The van der Waals surface area contributed by atoms with Crippen LogP contribution in [0.25, 0.3) is 0 Å². The summed E-state index contributed by atoms with van der Waals surface area (Å²) in [4.78, 5) is 23.3. The first kappa shape index (κ1) is 17.1. The molecule has 1 aliphatic carbocycles. The molecule has 1 aromatic carbocycles. The molecule has 0 saturated heterocycles. The summed E-state index contributed by atoms with van der Waals surface area (Å²) in [5.41, 5.74) is 0.308. The number of carboxylic acid groups (broad SMARTS) is 1. The predicted octanol–water partition coefficient (Wildman–Crippen LogP) is 3.78. The Hall–Kier alpha value is -1.26. The first-order valence-corrected chi connectivity index (χ1v) is 8.09. The minimum Gasteiger partial charge on any atom is -0.481 e. The van der Waals surface area contributed by atoms with Crippen LogP contribution in [0.5, 0.6) is 0 Å². The van der Waals surface area contributed by atoms with Crippen molar-refractivity contribution >= 4 is 35.1 Å². The van der Waals surface area contributed by atoms with Gasteiger partial charge in [-0.25, -0.2) is 0 Å². The van der Waals surface area contributed by atoms with E-state index < -0.39 is 11.4 Å². The van der Waals surface area contributed by atoms with Gasteiger partial charge >= 0.3 is 5.97 Å². The van der Waals surface area contributed by atoms with Crippen LogP contribution in [0.3, 0.4) is 0 Å². The average molecular weight is 344 g/mol. The van der Waals surface area contributed by atoms with E-state index in [2.05, 4.69) is 5.32 Å². The fourth-order valence-electron chi connectivity index (χ4n) is 2.75. The maximum atomic E-state index is 12.7. The maximum Gasteiger partial charge on any atom is 0.303 e. The second-order valence-corrected chi connectivity index (χ2v) is 6.69. The molecule has 0 radical (unpaired) electrons. The highest BCUT2D eigenvalue weighted by molar-refractivity contribution is 6.42. The number of halogens is 2. The molecule has 120 valence electrons. The minimum absolute atomic E-state index is 0.0429. The first-order valence-electron chi connectivity index (χ1n) is 7.33. The quantitative estimate of drug-likeness (QED) is 0.825. The topological polar surface area (TPSA) is 66.4 Å². The normalized spacial score (nSPS) is 17.4. The van der Waals surface area contributed by atoms with Crippen LogP contribution in [0, 0.1) is 0 Å². The van der Waals surface area contributed by atoms with Crippen LogP contribution < -0.4 is 5.32 Å². The zero-order valence-electron chi connectivity index (χ0n) is 12.4. The van der Waals surface area contributed by atoms with Crippen molar-refractivity contribution in [3.63, 3.8) is 0 Å². The SMILES string of the molecule is CC(CCC(=O)O)NC(=O)C1(c2ccc(Cl)c(Cl)c2)CCC1. The summed E-state index contributed by atoms with van der Waals surface area (Å²) in [5.74, 6) is -0.918. The van der Waals surface area contributed by atoms with E-state index in [4.69, 9.17) is 28.3 Å². The predicted molar refractivity (Wildman–Crippen MR) is 86.5 cm³/mol. The Morgan fingerprint density at radius 3 is 2.50 bits per heavy atom. The van der Waals surface area contributed by atoms with Gasteiger partial charge < -0.3 is 10.4 Å². The van der Waals surface area contributed by atoms with Gasteiger partial charge in [0.05, 0.1) is 15.5 Å². The molecule has 1 unspecified atom stereocenters. The molecule has 0 bridgehead atoms. The van der Waals surface area contributed by atoms with Crippen molar-refractivity contribution in [2.45, 2.75) is 50.5 Å². The number of rotatable bonds is 6. The lowest BCUT2D eigenvalue weighted by Gasteiger charge is -2.41. The van der Waals surface area contributed by atoms with Crippen molar-refractivity contribution in [2.75, 3.05) is 0 Å². The van der Waals surface area contributed by atoms with Crippen molar-refractivity contribution < 1.29 is 14.7 Å². The van der Waals surface area contributed by atoms with Gasteiger partial charge in [-0.05, 0) is 43.9 Å². The Morgan fingerprint density at radius 1 is 1.32 bits per heavy atom. The Balaban J connectivity index is 2.10. The molecule has 1 atom stereocenters. The van der Waals surface area contributed by atoms with Crippen LogP contribution in [0.2, 0.25) is 10.0 Å². The van der Waals surface area contributed by atoms with Crippen molar-refractivity contribution in [1.82, 2.24) is 5.32 Å². The largest absolute Gasteiger partial charge is 0.481 e. The number of hydrogen-bond donors (Lipinski definition) is 2. The molecule has 1 fully saturated rings. The second kappa shape index (κ2) is 6.88. The summed E-state index contributed by atoms with van der Waals surface area (Å²) in [6.45, 7) is 1.82. The molecule has 2 N–H and O–H groups in total. The van der Waals surface area contributed by atoms with E-state index in [-0.39, 0.29) is 18.4 Å². The molecular weight excluding hydrogens is 325 g/mol. The number of hydrogen-bond acceptors (Lipinski definition) is 2. The lowest BCUT2D eigenvalue weighted by Crippen LogP contribution is -2.51. The van der Waals surface area contributed by atoms with Gasteiger partial charge in [0.15, 0.2) is 0 Å². The lowest BCUT2D eigenvalue weighted by molar-refractivity contribution is -0.137. The third kappa shape index (κ3) is 3.55. The van der Waals surface area contributed by atoms with E-state index >= 15 is 0 Å². The van der Waals surface area contributed by atoms with E-state index in [0.717, 1.165) is 24.8 Å². The highest BCUT2D eigenvalue weighted by atomic mass is 35.5. The van der Waals surface area contributed by atoms with Crippen LogP contribution in [-0.4, -0.2) is 23.0 Å². The van der Waals surface area contributed by atoms with Crippen LogP contribution in [0.4, 0.5) is 0 Å².